The van der Waals surface area contributed by atoms with Gasteiger partial charge in [-0.1, -0.05) is 11.6 Å². The molecule has 0 saturated carbocycles. The Morgan fingerprint density at radius 2 is 1.90 bits per heavy atom. The highest BCUT2D eigenvalue weighted by atomic mass is 35.5. The smallest absolute Gasteiger partial charge is 0.430 e. The molecule has 0 fully saturated rings. The Morgan fingerprint density at radius 3 is 2.40 bits per heavy atom. The normalized spacial score (nSPS) is 18.5. The number of esters is 1. The lowest BCUT2D eigenvalue weighted by molar-refractivity contribution is -0.853. The predicted octanol–water partition coefficient (Wildman–Crippen LogP) is 3.03. The van der Waals surface area contributed by atoms with Gasteiger partial charge in [0.05, 0.1) is 5.57 Å². The number of aryl methyl sites for hydroxylation is 1. The van der Waals surface area contributed by atoms with Gasteiger partial charge in [0.15, 0.2) is 6.10 Å². The average molecular weight is 460 g/mol. The predicted molar refractivity (Wildman–Crippen MR) is 90.1 cm³/mol. The quantitative estimate of drug-likeness (QED) is 0.260. The number of carbonyl (C=O) groups excluding carboxylic acids is 1. The van der Waals surface area contributed by atoms with E-state index in [1.165, 1.54) is 0 Å². The maximum absolute atomic E-state index is 13.6. The second-order valence-corrected chi connectivity index (χ2v) is 6.08. The Kier molecular flexibility index (Phi) is 5.37. The van der Waals surface area contributed by atoms with E-state index in [4.69, 9.17) is 20.5 Å². The number of hydrogen-bond acceptors (Lipinski definition) is 9. The van der Waals surface area contributed by atoms with Crippen molar-refractivity contribution in [3.05, 3.63) is 54.1 Å². The van der Waals surface area contributed by atoms with Gasteiger partial charge in [0.1, 0.15) is 5.75 Å². The molecular formula is C15H12ClF3N2O9. The molecule has 2 atom stereocenters. The molecule has 11 nitrogen and oxygen atoms in total. The molecule has 2 rings (SSSR count). The van der Waals surface area contributed by atoms with Crippen LogP contribution in [0, 0.1) is 27.1 Å². The minimum Gasteiger partial charge on any atom is -0.475 e. The van der Waals surface area contributed by atoms with Gasteiger partial charge in [-0.25, -0.2) is 4.79 Å². The molecule has 0 saturated heterocycles. The number of rotatable bonds is 7. The standard InChI is InChI=1S/C15H12ClF3N2O9/c1-6-3-9(16)4-8-5-10(12(15(17,18)19)28-11(6)8)13(22)27-7(2)14(29-20(23)24)30-21(25)26/h3-5,7,12,14H,1-2H3/i1D3. The lowest BCUT2D eigenvalue weighted by atomic mass is 9.99. The van der Waals surface area contributed by atoms with Gasteiger partial charge in [-0.15, -0.1) is 20.2 Å². The molecule has 0 radical (unpaired) electrons. The first-order valence-corrected chi connectivity index (χ1v) is 8.00. The van der Waals surface area contributed by atoms with Gasteiger partial charge in [0, 0.05) is 14.7 Å². The SMILES string of the molecule is [2H]C([2H])([2H])c1cc(Cl)cc2c1OC(C(F)(F)F)C(C(=O)OC(C)C(O[N+](=O)[O-])O[N+](=O)[O-])=C2. The van der Waals surface area contributed by atoms with Gasteiger partial charge in [-0.2, -0.15) is 13.2 Å². The van der Waals surface area contributed by atoms with E-state index in [1.807, 2.05) is 0 Å². The van der Waals surface area contributed by atoms with E-state index in [0.29, 0.717) is 6.08 Å². The zero-order valence-electron chi connectivity index (χ0n) is 17.5. The van der Waals surface area contributed by atoms with E-state index in [-0.39, 0.29) is 10.6 Å². The molecular weight excluding hydrogens is 445 g/mol. The lowest BCUT2D eigenvalue weighted by Gasteiger charge is -2.30. The molecule has 164 valence electrons. The van der Waals surface area contributed by atoms with Crippen LogP contribution >= 0.6 is 11.6 Å². The van der Waals surface area contributed by atoms with Gasteiger partial charge in [-0.05, 0) is 37.5 Å². The van der Waals surface area contributed by atoms with Crippen LogP contribution in [0.25, 0.3) is 6.08 Å². The zero-order valence-corrected chi connectivity index (χ0v) is 15.3. The highest BCUT2D eigenvalue weighted by Crippen LogP contribution is 2.40. The summed E-state index contributed by atoms with van der Waals surface area (Å²) in [5.74, 6) is -2.45. The van der Waals surface area contributed by atoms with Gasteiger partial charge in [0.25, 0.3) is 16.5 Å². The second kappa shape index (κ2) is 8.61. The van der Waals surface area contributed by atoms with E-state index >= 15 is 0 Å². The number of carbonyl (C=O) groups is 1. The summed E-state index contributed by atoms with van der Waals surface area (Å²) in [7, 11) is 0. The molecule has 0 aromatic heterocycles. The summed E-state index contributed by atoms with van der Waals surface area (Å²) in [4.78, 5) is 41.1. The van der Waals surface area contributed by atoms with Crippen LogP contribution in [-0.4, -0.2) is 40.8 Å². The van der Waals surface area contributed by atoms with Crippen molar-refractivity contribution in [2.24, 2.45) is 0 Å². The van der Waals surface area contributed by atoms with Gasteiger partial charge < -0.3 is 9.47 Å². The third kappa shape index (κ3) is 5.40. The van der Waals surface area contributed by atoms with Crippen molar-refractivity contribution in [3.63, 3.8) is 0 Å². The van der Waals surface area contributed by atoms with Crippen molar-refractivity contribution in [1.29, 1.82) is 0 Å². The highest BCUT2D eigenvalue weighted by molar-refractivity contribution is 6.30. The molecule has 15 heteroatoms. The minimum absolute atomic E-state index is 0.190. The van der Waals surface area contributed by atoms with Crippen LogP contribution in [0.4, 0.5) is 13.2 Å². The average Bonchev–Trinajstić information content (AvgIpc) is 2.63. The number of alkyl halides is 3. The summed E-state index contributed by atoms with van der Waals surface area (Å²) in [6.07, 6.45) is -12.0. The van der Waals surface area contributed by atoms with Crippen molar-refractivity contribution in [2.75, 3.05) is 0 Å². The number of ether oxygens (including phenoxy) is 2. The zero-order chi connectivity index (χ0) is 25.3. The van der Waals surface area contributed by atoms with E-state index in [9.17, 15) is 38.2 Å². The second-order valence-electron chi connectivity index (χ2n) is 5.65. The maximum Gasteiger partial charge on any atom is 0.430 e. The fourth-order valence-corrected chi connectivity index (χ4v) is 2.57. The number of benzene rings is 1. The fraction of sp³-hybridized carbons (Fsp3) is 0.400. The van der Waals surface area contributed by atoms with Crippen LogP contribution in [0.5, 0.6) is 5.75 Å². The molecule has 2 unspecified atom stereocenters. The van der Waals surface area contributed by atoms with Crippen molar-refractivity contribution in [3.8, 4) is 5.75 Å². The summed E-state index contributed by atoms with van der Waals surface area (Å²) < 4.78 is 72.8. The third-order valence-corrected chi connectivity index (χ3v) is 3.72. The minimum atomic E-state index is -5.24. The molecule has 30 heavy (non-hydrogen) atoms. The van der Waals surface area contributed by atoms with Crippen molar-refractivity contribution < 1.29 is 51.4 Å². The first kappa shape index (κ1) is 18.7. The Balaban J connectivity index is 2.48. The molecule has 0 amide bonds. The van der Waals surface area contributed by atoms with Gasteiger partial charge in [0.2, 0.25) is 6.10 Å². The Hall–Kier alpha value is -3.29. The molecule has 1 aromatic carbocycles. The summed E-state index contributed by atoms with van der Waals surface area (Å²) in [6.45, 7) is -2.10. The van der Waals surface area contributed by atoms with E-state index in [1.54, 1.807) is 0 Å². The van der Waals surface area contributed by atoms with Crippen LogP contribution in [0.1, 0.15) is 22.2 Å². The topological polar surface area (TPSA) is 140 Å². The molecule has 0 bridgehead atoms. The number of nitrogens with zero attached hydrogens (tertiary/aromatic N) is 2. The number of fused-ring (bicyclic) bond motifs is 1. The molecule has 0 N–H and O–H groups in total. The Bertz CT molecular complexity index is 987. The number of hydrogen-bond donors (Lipinski definition) is 0. The first-order chi connectivity index (χ1) is 15.0. The molecule has 1 heterocycles. The van der Waals surface area contributed by atoms with E-state index in [2.05, 4.69) is 14.4 Å². The fourth-order valence-electron chi connectivity index (χ4n) is 2.34. The largest absolute Gasteiger partial charge is 0.475 e. The van der Waals surface area contributed by atoms with Crippen LogP contribution in [0.15, 0.2) is 17.7 Å². The maximum atomic E-state index is 13.6. The Morgan fingerprint density at radius 1 is 1.30 bits per heavy atom. The monoisotopic (exact) mass is 459 g/mol. The summed E-state index contributed by atoms with van der Waals surface area (Å²) in [5.41, 5.74) is -2.13. The molecule has 1 aliphatic heterocycles. The number of halogens is 4. The summed E-state index contributed by atoms with van der Waals surface area (Å²) >= 11 is 5.83. The first-order valence-electron chi connectivity index (χ1n) is 9.13. The molecule has 1 aliphatic rings. The molecule has 1 aromatic rings. The summed E-state index contributed by atoms with van der Waals surface area (Å²) in [5, 5.41) is 17.7. The summed E-state index contributed by atoms with van der Waals surface area (Å²) in [6, 6.07) is 1.92. The highest BCUT2D eigenvalue weighted by Gasteiger charge is 2.49. The Labute approximate surface area is 174 Å². The van der Waals surface area contributed by atoms with Crippen molar-refractivity contribution >= 4 is 23.6 Å². The molecule has 0 spiro atoms. The van der Waals surface area contributed by atoms with Crippen molar-refractivity contribution in [2.45, 2.75) is 38.4 Å². The van der Waals surface area contributed by atoms with Crippen LogP contribution in [0.3, 0.4) is 0 Å². The van der Waals surface area contributed by atoms with Crippen LogP contribution in [0.2, 0.25) is 5.02 Å². The third-order valence-electron chi connectivity index (χ3n) is 3.50. The van der Waals surface area contributed by atoms with Gasteiger partial charge in [-0.3, -0.25) is 9.68 Å². The van der Waals surface area contributed by atoms with E-state index in [0.717, 1.165) is 19.1 Å². The van der Waals surface area contributed by atoms with Crippen LogP contribution < -0.4 is 4.74 Å². The lowest BCUT2D eigenvalue weighted by Crippen LogP contribution is -2.43. The van der Waals surface area contributed by atoms with E-state index < -0.39 is 64.6 Å². The van der Waals surface area contributed by atoms with Crippen LogP contribution in [-0.2, 0) is 19.2 Å². The van der Waals surface area contributed by atoms with Crippen molar-refractivity contribution in [1.82, 2.24) is 0 Å². The van der Waals surface area contributed by atoms with Gasteiger partial charge >= 0.3 is 12.1 Å². The molecule has 0 aliphatic carbocycles.